The van der Waals surface area contributed by atoms with E-state index in [4.69, 9.17) is 0 Å². The lowest BCUT2D eigenvalue weighted by molar-refractivity contribution is 1.25. The van der Waals surface area contributed by atoms with Gasteiger partial charge in [-0.05, 0) is 113 Å². The van der Waals surface area contributed by atoms with Crippen molar-refractivity contribution in [3.63, 3.8) is 0 Å². The van der Waals surface area contributed by atoms with Gasteiger partial charge in [0.15, 0.2) is 0 Å². The van der Waals surface area contributed by atoms with Crippen molar-refractivity contribution in [3.8, 4) is 0 Å². The summed E-state index contributed by atoms with van der Waals surface area (Å²) in [6, 6.07) is 68.6. The van der Waals surface area contributed by atoms with Crippen LogP contribution in [0.3, 0.4) is 0 Å². The van der Waals surface area contributed by atoms with Gasteiger partial charge in [0, 0.05) is 78.9 Å². The molecule has 0 N–H and O–H groups in total. The van der Waals surface area contributed by atoms with E-state index in [-0.39, 0.29) is 0 Å². The summed E-state index contributed by atoms with van der Waals surface area (Å²) >= 11 is 7.69. The van der Waals surface area contributed by atoms with Gasteiger partial charge in [-0.3, -0.25) is 0 Å². The van der Waals surface area contributed by atoms with Crippen molar-refractivity contribution >= 4 is 135 Å². The summed E-state index contributed by atoms with van der Waals surface area (Å²) in [5.74, 6) is 0. The van der Waals surface area contributed by atoms with E-state index >= 15 is 0 Å². The zero-order chi connectivity index (χ0) is 36.5. The van der Waals surface area contributed by atoms with E-state index in [2.05, 4.69) is 214 Å². The highest BCUT2D eigenvalue weighted by atomic mass is 79.9. The van der Waals surface area contributed by atoms with Crippen molar-refractivity contribution in [2.24, 2.45) is 0 Å². The van der Waals surface area contributed by atoms with Gasteiger partial charge in [0.2, 0.25) is 0 Å². The third-order valence-electron chi connectivity index (χ3n) is 10.6. The summed E-state index contributed by atoms with van der Waals surface area (Å²) in [6.45, 7) is 0. The predicted molar refractivity (Wildman–Crippen MR) is 244 cm³/mol. The Balaban J connectivity index is 1.07. The van der Waals surface area contributed by atoms with Crippen LogP contribution in [-0.4, -0.2) is 0 Å². The van der Waals surface area contributed by atoms with Gasteiger partial charge in [0.25, 0.3) is 0 Å². The molecule has 0 spiro atoms. The maximum atomic E-state index is 3.96. The minimum Gasteiger partial charge on any atom is -0.310 e. The quantitative estimate of drug-likeness (QED) is 0.165. The van der Waals surface area contributed by atoms with Crippen LogP contribution in [-0.2, 0) is 0 Å². The van der Waals surface area contributed by atoms with E-state index in [1.165, 1.54) is 61.9 Å². The molecule has 0 saturated carbocycles. The zero-order valence-electron chi connectivity index (χ0n) is 29.5. The van der Waals surface area contributed by atoms with Gasteiger partial charge >= 0.3 is 0 Å². The third-order valence-corrected chi connectivity index (χ3v) is 13.3. The first-order valence-corrected chi connectivity index (χ1v) is 20.8. The number of rotatable bonds is 6. The molecule has 5 heteroatoms. The van der Waals surface area contributed by atoms with Crippen LogP contribution in [0.2, 0.25) is 0 Å². The molecule has 0 saturated heterocycles. The fourth-order valence-corrected chi connectivity index (χ4v) is 10.9. The normalized spacial score (nSPS) is 11.7. The highest BCUT2D eigenvalue weighted by Gasteiger charge is 2.20. The van der Waals surface area contributed by atoms with E-state index < -0.39 is 0 Å². The number of hydrogen-bond acceptors (Lipinski definition) is 4. The highest BCUT2D eigenvalue weighted by Crippen LogP contribution is 2.46. The number of halogens is 1. The molecule has 11 rings (SSSR count). The Morgan fingerprint density at radius 3 is 1.11 bits per heavy atom. The first-order valence-electron chi connectivity index (χ1n) is 18.3. The number of fused-ring (bicyclic) bond motifs is 8. The summed E-state index contributed by atoms with van der Waals surface area (Å²) in [7, 11) is 0. The number of anilines is 6. The lowest BCUT2D eigenvalue weighted by Gasteiger charge is -2.30. The van der Waals surface area contributed by atoms with E-state index in [0.717, 1.165) is 38.6 Å². The average Bonchev–Trinajstić information content (AvgIpc) is 3.76. The molecule has 0 amide bonds. The van der Waals surface area contributed by atoms with Gasteiger partial charge in [-0.25, -0.2) is 0 Å². The highest BCUT2D eigenvalue weighted by molar-refractivity contribution is 9.10. The molecule has 0 fully saturated rings. The first kappa shape index (κ1) is 32.5. The van der Waals surface area contributed by atoms with E-state index in [9.17, 15) is 0 Å². The molecule has 11 aromatic rings. The van der Waals surface area contributed by atoms with Crippen molar-refractivity contribution < 1.29 is 0 Å². The fourth-order valence-electron chi connectivity index (χ4n) is 8.05. The number of benzene rings is 9. The molecule has 0 aliphatic heterocycles. The maximum absolute atomic E-state index is 3.96. The molecule has 0 radical (unpaired) electrons. The SMILES string of the molecule is Brc1cc(N(c2ccccc2)c2ccc3c(c2)sc2cc4ccccc4cc23)cc(N(c2ccccc2)c2ccc3c(c2)sc2cc4ccccc4cc23)c1. The lowest BCUT2D eigenvalue weighted by Crippen LogP contribution is -2.13. The van der Waals surface area contributed by atoms with Crippen molar-refractivity contribution in [2.45, 2.75) is 0 Å². The Kier molecular flexibility index (Phi) is 7.73. The van der Waals surface area contributed by atoms with Crippen molar-refractivity contribution in [2.75, 3.05) is 9.80 Å². The molecule has 0 unspecified atom stereocenters. The number of para-hydroxylation sites is 2. The standard InChI is InChI=1S/C50H31BrN2S2/c51-36-27-41(52(37-15-3-1-4-16-37)39-19-21-43-45-23-32-11-7-9-13-34(32)25-47(45)54-49(43)30-39)29-42(28-36)53(38-17-5-2-6-18-38)40-20-22-44-46-24-33-12-8-10-14-35(33)26-48(46)55-50(44)31-40/h1-31H. The Morgan fingerprint density at radius 2 is 0.673 bits per heavy atom. The van der Waals surface area contributed by atoms with E-state index in [1.54, 1.807) is 0 Å². The van der Waals surface area contributed by atoms with Crippen LogP contribution in [0.4, 0.5) is 34.1 Å². The maximum Gasteiger partial charge on any atom is 0.0493 e. The topological polar surface area (TPSA) is 6.48 Å². The van der Waals surface area contributed by atoms with Crippen LogP contribution in [0.1, 0.15) is 0 Å². The Morgan fingerprint density at radius 1 is 0.291 bits per heavy atom. The molecule has 0 aliphatic rings. The molecule has 0 atom stereocenters. The monoisotopic (exact) mass is 802 g/mol. The van der Waals surface area contributed by atoms with Gasteiger partial charge in [-0.2, -0.15) is 0 Å². The van der Waals surface area contributed by atoms with Crippen LogP contribution in [0, 0.1) is 0 Å². The van der Waals surface area contributed by atoms with Crippen molar-refractivity contribution in [1.82, 2.24) is 0 Å². The summed E-state index contributed by atoms with van der Waals surface area (Å²) in [6.07, 6.45) is 0. The Labute approximate surface area is 334 Å². The molecular formula is C50H31BrN2S2. The van der Waals surface area contributed by atoms with Crippen LogP contribution in [0.5, 0.6) is 0 Å². The lowest BCUT2D eigenvalue weighted by atomic mass is 10.1. The van der Waals surface area contributed by atoms with Gasteiger partial charge in [-0.15, -0.1) is 22.7 Å². The summed E-state index contributed by atoms with van der Waals surface area (Å²) in [5.41, 5.74) is 6.56. The number of hydrogen-bond donors (Lipinski definition) is 0. The van der Waals surface area contributed by atoms with Gasteiger partial charge < -0.3 is 9.80 Å². The molecule has 0 aliphatic carbocycles. The fraction of sp³-hybridized carbons (Fsp3) is 0. The van der Waals surface area contributed by atoms with Crippen LogP contribution in [0.25, 0.3) is 61.9 Å². The second-order valence-corrected chi connectivity index (χ2v) is 17.0. The van der Waals surface area contributed by atoms with Gasteiger partial charge in [0.1, 0.15) is 0 Å². The van der Waals surface area contributed by atoms with Crippen LogP contribution < -0.4 is 9.80 Å². The largest absolute Gasteiger partial charge is 0.310 e. The second-order valence-electron chi connectivity index (χ2n) is 14.0. The molecule has 9 aromatic carbocycles. The minimum absolute atomic E-state index is 1.01. The molecule has 2 aromatic heterocycles. The second kappa shape index (κ2) is 13.1. The molecule has 0 bridgehead atoms. The summed E-state index contributed by atoms with van der Waals surface area (Å²) in [5, 5.41) is 10.3. The van der Waals surface area contributed by atoms with E-state index in [1.807, 2.05) is 22.7 Å². The van der Waals surface area contributed by atoms with Crippen LogP contribution >= 0.6 is 38.6 Å². The van der Waals surface area contributed by atoms with Crippen LogP contribution in [0.15, 0.2) is 193 Å². The number of thiophene rings is 2. The molecule has 55 heavy (non-hydrogen) atoms. The third kappa shape index (κ3) is 5.66. The van der Waals surface area contributed by atoms with Gasteiger partial charge in [-0.1, -0.05) is 113 Å². The zero-order valence-corrected chi connectivity index (χ0v) is 32.7. The smallest absolute Gasteiger partial charge is 0.0493 e. The molecule has 2 nitrogen and oxygen atoms in total. The Hall–Kier alpha value is -5.98. The molecule has 2 heterocycles. The van der Waals surface area contributed by atoms with Gasteiger partial charge in [0.05, 0.1) is 0 Å². The number of nitrogens with zero attached hydrogens (tertiary/aromatic N) is 2. The average molecular weight is 804 g/mol. The predicted octanol–water partition coefficient (Wildman–Crippen LogP) is 16.4. The summed E-state index contributed by atoms with van der Waals surface area (Å²) in [4.78, 5) is 4.75. The Bertz CT molecular complexity index is 3030. The first-order chi connectivity index (χ1) is 27.1. The molecule has 260 valence electrons. The minimum atomic E-state index is 1.01. The van der Waals surface area contributed by atoms with Crippen molar-refractivity contribution in [1.29, 1.82) is 0 Å². The summed E-state index contributed by atoms with van der Waals surface area (Å²) < 4.78 is 6.17. The van der Waals surface area contributed by atoms with E-state index in [0.29, 0.717) is 0 Å². The molecular weight excluding hydrogens is 773 g/mol. The van der Waals surface area contributed by atoms with Crippen molar-refractivity contribution in [3.05, 3.63) is 193 Å².